The Morgan fingerprint density at radius 2 is 2.35 bits per heavy atom. The Kier molecular flexibility index (Phi) is 3.20. The average molecular weight is 271 g/mol. The van der Waals surface area contributed by atoms with Crippen molar-refractivity contribution in [3.8, 4) is 0 Å². The average Bonchev–Trinajstić information content (AvgIpc) is 3.05. The summed E-state index contributed by atoms with van der Waals surface area (Å²) in [5, 5.41) is 3.71. The van der Waals surface area contributed by atoms with Gasteiger partial charge in [0.1, 0.15) is 0 Å². The largest absolute Gasteiger partial charge is 0.309 e. The van der Waals surface area contributed by atoms with Crippen LogP contribution in [-0.2, 0) is 6.54 Å². The molecule has 17 heavy (non-hydrogen) atoms. The summed E-state index contributed by atoms with van der Waals surface area (Å²) in [5.74, 6) is 0.900. The Bertz CT molecular complexity index is 402. The minimum Gasteiger partial charge on any atom is -0.309 e. The van der Waals surface area contributed by atoms with Gasteiger partial charge in [-0.1, -0.05) is 11.6 Å². The molecule has 2 fully saturated rings. The summed E-state index contributed by atoms with van der Waals surface area (Å²) in [7, 11) is 0. The maximum atomic E-state index is 5.98. The second-order valence-electron chi connectivity index (χ2n) is 5.53. The van der Waals surface area contributed by atoms with Crippen LogP contribution in [0.3, 0.4) is 0 Å². The summed E-state index contributed by atoms with van der Waals surface area (Å²) < 4.78 is 0.903. The van der Waals surface area contributed by atoms with Crippen LogP contribution in [0.2, 0.25) is 4.34 Å². The molecule has 0 radical (unpaired) electrons. The van der Waals surface area contributed by atoms with Crippen molar-refractivity contribution in [3.63, 3.8) is 0 Å². The fraction of sp³-hybridized carbons (Fsp3) is 0.692. The lowest BCUT2D eigenvalue weighted by molar-refractivity contribution is 0.122. The lowest BCUT2D eigenvalue weighted by Gasteiger charge is -2.41. The van der Waals surface area contributed by atoms with Crippen LogP contribution in [0.5, 0.6) is 0 Å². The van der Waals surface area contributed by atoms with Gasteiger partial charge < -0.3 is 5.32 Å². The third-order valence-corrected chi connectivity index (χ3v) is 5.21. The number of hydrogen-bond donors (Lipinski definition) is 1. The zero-order chi connectivity index (χ0) is 11.9. The van der Waals surface area contributed by atoms with Crippen LogP contribution in [0.15, 0.2) is 12.1 Å². The van der Waals surface area contributed by atoms with Gasteiger partial charge in [-0.25, -0.2) is 0 Å². The minimum atomic E-state index is 0.347. The van der Waals surface area contributed by atoms with E-state index < -0.39 is 0 Å². The van der Waals surface area contributed by atoms with Crippen LogP contribution < -0.4 is 5.32 Å². The molecule has 1 aromatic rings. The summed E-state index contributed by atoms with van der Waals surface area (Å²) in [6, 6.07) is 4.16. The van der Waals surface area contributed by atoms with Crippen molar-refractivity contribution in [2.75, 3.05) is 19.6 Å². The van der Waals surface area contributed by atoms with E-state index in [1.165, 1.54) is 24.3 Å². The topological polar surface area (TPSA) is 15.3 Å². The van der Waals surface area contributed by atoms with E-state index in [9.17, 15) is 0 Å². The fourth-order valence-electron chi connectivity index (χ4n) is 2.89. The van der Waals surface area contributed by atoms with Gasteiger partial charge in [0.2, 0.25) is 0 Å². The molecule has 1 aliphatic heterocycles. The monoisotopic (exact) mass is 270 g/mol. The molecule has 1 aliphatic carbocycles. The van der Waals surface area contributed by atoms with Gasteiger partial charge in [0.25, 0.3) is 0 Å². The highest BCUT2D eigenvalue weighted by molar-refractivity contribution is 7.16. The minimum absolute atomic E-state index is 0.347. The summed E-state index contributed by atoms with van der Waals surface area (Å²) in [4.78, 5) is 3.95. The maximum absolute atomic E-state index is 5.98. The Morgan fingerprint density at radius 1 is 1.53 bits per heavy atom. The molecule has 0 bridgehead atoms. The van der Waals surface area contributed by atoms with Crippen molar-refractivity contribution in [2.24, 2.45) is 5.92 Å². The van der Waals surface area contributed by atoms with Crippen LogP contribution >= 0.6 is 22.9 Å². The molecule has 1 saturated heterocycles. The van der Waals surface area contributed by atoms with Gasteiger partial charge in [0, 0.05) is 36.6 Å². The molecule has 0 spiro atoms. The lowest BCUT2D eigenvalue weighted by Crippen LogP contribution is -2.59. The number of rotatable bonds is 3. The molecule has 1 unspecified atom stereocenters. The van der Waals surface area contributed by atoms with Gasteiger partial charge >= 0.3 is 0 Å². The van der Waals surface area contributed by atoms with E-state index in [-0.39, 0.29) is 0 Å². The lowest BCUT2D eigenvalue weighted by atomic mass is 9.93. The highest BCUT2D eigenvalue weighted by atomic mass is 35.5. The van der Waals surface area contributed by atoms with E-state index in [4.69, 9.17) is 11.6 Å². The maximum Gasteiger partial charge on any atom is 0.0931 e. The molecular formula is C13H19ClN2S. The van der Waals surface area contributed by atoms with Crippen molar-refractivity contribution in [3.05, 3.63) is 21.3 Å². The predicted molar refractivity (Wildman–Crippen MR) is 73.7 cm³/mol. The predicted octanol–water partition coefficient (Wildman–Crippen LogP) is 2.98. The van der Waals surface area contributed by atoms with Gasteiger partial charge in [-0.05, 0) is 37.8 Å². The van der Waals surface area contributed by atoms with Crippen LogP contribution in [0.4, 0.5) is 0 Å². The summed E-state index contributed by atoms with van der Waals surface area (Å²) in [6.07, 6.45) is 2.81. The van der Waals surface area contributed by atoms with E-state index >= 15 is 0 Å². The molecule has 3 rings (SSSR count). The van der Waals surface area contributed by atoms with Crippen molar-refractivity contribution >= 4 is 22.9 Å². The quantitative estimate of drug-likeness (QED) is 0.909. The van der Waals surface area contributed by atoms with E-state index in [1.807, 2.05) is 6.07 Å². The van der Waals surface area contributed by atoms with Crippen molar-refractivity contribution in [1.82, 2.24) is 10.2 Å². The fourth-order valence-corrected chi connectivity index (χ4v) is 4.02. The molecule has 2 aliphatic rings. The highest BCUT2D eigenvalue weighted by Gasteiger charge is 2.43. The number of nitrogens with one attached hydrogen (secondary N) is 1. The molecule has 1 N–H and O–H groups in total. The van der Waals surface area contributed by atoms with Crippen LogP contribution in [0.1, 0.15) is 24.6 Å². The van der Waals surface area contributed by atoms with Crippen LogP contribution in [0.25, 0.3) is 0 Å². The molecule has 1 aromatic heterocycles. The van der Waals surface area contributed by atoms with Gasteiger partial charge in [-0.2, -0.15) is 0 Å². The molecule has 0 amide bonds. The van der Waals surface area contributed by atoms with E-state index in [2.05, 4.69) is 23.2 Å². The third-order valence-electron chi connectivity index (χ3n) is 4.00. The van der Waals surface area contributed by atoms with Gasteiger partial charge in [-0.3, -0.25) is 4.90 Å². The summed E-state index contributed by atoms with van der Waals surface area (Å²) >= 11 is 7.69. The Labute approximate surface area is 112 Å². The first-order valence-electron chi connectivity index (χ1n) is 6.37. The first-order valence-corrected chi connectivity index (χ1v) is 7.57. The zero-order valence-corrected chi connectivity index (χ0v) is 11.8. The SMILES string of the molecule is CC1(C2CC2)CN(Cc2ccc(Cl)s2)CCN1. The van der Waals surface area contributed by atoms with E-state index in [0.29, 0.717) is 5.54 Å². The Morgan fingerprint density at radius 3 is 3.00 bits per heavy atom. The Hall–Kier alpha value is -0.0900. The van der Waals surface area contributed by atoms with Crippen LogP contribution in [0, 0.1) is 5.92 Å². The summed E-state index contributed by atoms with van der Waals surface area (Å²) in [5.41, 5.74) is 0.347. The molecule has 94 valence electrons. The smallest absolute Gasteiger partial charge is 0.0931 e. The molecule has 4 heteroatoms. The second-order valence-corrected chi connectivity index (χ2v) is 7.33. The first kappa shape index (κ1) is 12.0. The molecule has 2 heterocycles. The molecule has 2 nitrogen and oxygen atoms in total. The van der Waals surface area contributed by atoms with Gasteiger partial charge in [0.15, 0.2) is 0 Å². The number of halogens is 1. The normalized spacial score (nSPS) is 30.7. The molecular weight excluding hydrogens is 252 g/mol. The second kappa shape index (κ2) is 4.54. The first-order chi connectivity index (χ1) is 8.16. The zero-order valence-electron chi connectivity index (χ0n) is 10.2. The number of piperazine rings is 1. The van der Waals surface area contributed by atoms with E-state index in [1.54, 1.807) is 11.3 Å². The van der Waals surface area contributed by atoms with Crippen LogP contribution in [-0.4, -0.2) is 30.1 Å². The number of hydrogen-bond acceptors (Lipinski definition) is 3. The third kappa shape index (κ3) is 2.68. The highest BCUT2D eigenvalue weighted by Crippen LogP contribution is 2.41. The van der Waals surface area contributed by atoms with Gasteiger partial charge in [-0.15, -0.1) is 11.3 Å². The van der Waals surface area contributed by atoms with Crippen molar-refractivity contribution < 1.29 is 0 Å². The molecule has 1 saturated carbocycles. The molecule has 1 atom stereocenters. The summed E-state index contributed by atoms with van der Waals surface area (Å²) in [6.45, 7) is 6.89. The van der Waals surface area contributed by atoms with Gasteiger partial charge in [0.05, 0.1) is 4.34 Å². The van der Waals surface area contributed by atoms with E-state index in [0.717, 1.165) is 29.9 Å². The number of thiophene rings is 1. The van der Waals surface area contributed by atoms with Crippen molar-refractivity contribution in [1.29, 1.82) is 0 Å². The molecule has 0 aromatic carbocycles. The number of nitrogens with zero attached hydrogens (tertiary/aromatic N) is 1. The standard InChI is InChI=1S/C13H19ClN2S/c1-13(10-2-3-10)9-16(7-6-15-13)8-11-4-5-12(14)17-11/h4-5,10,15H,2-3,6-9H2,1H3. The van der Waals surface area contributed by atoms with Crippen molar-refractivity contribution in [2.45, 2.75) is 31.8 Å². The Balaban J connectivity index is 1.63.